The molecule has 1 saturated heterocycles. The molecule has 5 heteroatoms. The first-order chi connectivity index (χ1) is 8.59. The number of nitrogens with zero attached hydrogens (tertiary/aromatic N) is 3. The molecule has 0 saturated carbocycles. The summed E-state index contributed by atoms with van der Waals surface area (Å²) < 4.78 is 5.48. The second kappa shape index (κ2) is 5.52. The van der Waals surface area contributed by atoms with Gasteiger partial charge < -0.3 is 15.4 Å². The van der Waals surface area contributed by atoms with Crippen LogP contribution in [0.5, 0.6) is 0 Å². The van der Waals surface area contributed by atoms with Crippen molar-refractivity contribution in [3.05, 3.63) is 11.4 Å². The summed E-state index contributed by atoms with van der Waals surface area (Å²) in [5.74, 6) is 2.67. The van der Waals surface area contributed by atoms with Crippen LogP contribution in [-0.4, -0.2) is 36.3 Å². The lowest BCUT2D eigenvalue weighted by molar-refractivity contribution is 0.152. The van der Waals surface area contributed by atoms with E-state index in [1.165, 1.54) is 0 Å². The second-order valence-electron chi connectivity index (χ2n) is 5.02. The van der Waals surface area contributed by atoms with Crippen molar-refractivity contribution < 1.29 is 4.74 Å². The summed E-state index contributed by atoms with van der Waals surface area (Å²) in [5.41, 5.74) is 6.97. The van der Waals surface area contributed by atoms with Gasteiger partial charge in [0.15, 0.2) is 0 Å². The quantitative estimate of drug-likeness (QED) is 0.865. The second-order valence-corrected chi connectivity index (χ2v) is 5.02. The van der Waals surface area contributed by atoms with E-state index in [0.717, 1.165) is 49.9 Å². The molecule has 1 aliphatic rings. The van der Waals surface area contributed by atoms with E-state index in [9.17, 15) is 0 Å². The Bertz CT molecular complexity index is 412. The monoisotopic (exact) mass is 250 g/mol. The fourth-order valence-electron chi connectivity index (χ4n) is 2.06. The molecule has 0 spiro atoms. The van der Waals surface area contributed by atoms with Crippen LogP contribution in [-0.2, 0) is 4.74 Å². The van der Waals surface area contributed by atoms with Gasteiger partial charge in [-0.3, -0.25) is 0 Å². The van der Waals surface area contributed by atoms with Crippen LogP contribution in [0.1, 0.15) is 37.6 Å². The van der Waals surface area contributed by atoms with Crippen molar-refractivity contribution in [1.29, 1.82) is 0 Å². The maximum atomic E-state index is 6.00. The zero-order valence-electron chi connectivity index (χ0n) is 11.4. The third-order valence-corrected chi connectivity index (χ3v) is 3.21. The van der Waals surface area contributed by atoms with Crippen LogP contribution in [0.4, 0.5) is 11.6 Å². The van der Waals surface area contributed by atoms with Crippen LogP contribution in [0, 0.1) is 6.92 Å². The highest BCUT2D eigenvalue weighted by Crippen LogP contribution is 2.24. The van der Waals surface area contributed by atoms with Crippen LogP contribution < -0.4 is 10.6 Å². The highest BCUT2D eigenvalue weighted by atomic mass is 16.5. The molecule has 2 N–H and O–H groups in total. The molecule has 0 aromatic carbocycles. The van der Waals surface area contributed by atoms with E-state index in [-0.39, 0.29) is 5.92 Å². The maximum absolute atomic E-state index is 6.00. The topological polar surface area (TPSA) is 64.3 Å². The molecular weight excluding hydrogens is 228 g/mol. The Labute approximate surface area is 108 Å². The molecule has 2 heterocycles. The summed E-state index contributed by atoms with van der Waals surface area (Å²) in [5, 5.41) is 0. The van der Waals surface area contributed by atoms with Gasteiger partial charge in [-0.05, 0) is 13.3 Å². The van der Waals surface area contributed by atoms with Gasteiger partial charge in [-0.2, -0.15) is 0 Å². The van der Waals surface area contributed by atoms with Crippen LogP contribution in [0.25, 0.3) is 0 Å². The number of rotatable bonds is 2. The van der Waals surface area contributed by atoms with Crippen LogP contribution in [0.3, 0.4) is 0 Å². The van der Waals surface area contributed by atoms with Crippen LogP contribution in [0.2, 0.25) is 0 Å². The summed E-state index contributed by atoms with van der Waals surface area (Å²) in [6.45, 7) is 9.57. The summed E-state index contributed by atoms with van der Waals surface area (Å²) in [4.78, 5) is 11.3. The van der Waals surface area contributed by atoms with Crippen molar-refractivity contribution in [2.75, 3.05) is 36.9 Å². The first-order valence-corrected chi connectivity index (χ1v) is 6.56. The van der Waals surface area contributed by atoms with Crippen molar-refractivity contribution in [3.8, 4) is 0 Å². The predicted molar refractivity (Wildman–Crippen MR) is 72.9 cm³/mol. The average molecular weight is 250 g/mol. The van der Waals surface area contributed by atoms with Gasteiger partial charge in [0.05, 0.1) is 6.61 Å². The molecule has 1 aromatic rings. The van der Waals surface area contributed by atoms with E-state index in [1.807, 2.05) is 6.92 Å². The van der Waals surface area contributed by atoms with E-state index in [1.54, 1.807) is 0 Å². The third-order valence-electron chi connectivity index (χ3n) is 3.21. The molecule has 0 radical (unpaired) electrons. The van der Waals surface area contributed by atoms with E-state index >= 15 is 0 Å². The number of aromatic nitrogens is 2. The van der Waals surface area contributed by atoms with Gasteiger partial charge in [-0.25, -0.2) is 9.97 Å². The van der Waals surface area contributed by atoms with Crippen molar-refractivity contribution in [2.24, 2.45) is 0 Å². The summed E-state index contributed by atoms with van der Waals surface area (Å²) in [6, 6.07) is 0. The van der Waals surface area contributed by atoms with Crippen molar-refractivity contribution in [1.82, 2.24) is 9.97 Å². The van der Waals surface area contributed by atoms with Gasteiger partial charge in [-0.1, -0.05) is 13.8 Å². The Morgan fingerprint density at radius 2 is 2.00 bits per heavy atom. The van der Waals surface area contributed by atoms with Crippen molar-refractivity contribution in [2.45, 2.75) is 33.1 Å². The molecule has 100 valence electrons. The third kappa shape index (κ3) is 2.72. The lowest BCUT2D eigenvalue weighted by atomic mass is 10.2. The van der Waals surface area contributed by atoms with Gasteiger partial charge >= 0.3 is 0 Å². The number of anilines is 2. The minimum atomic E-state index is 0.287. The van der Waals surface area contributed by atoms with Gasteiger partial charge in [0.25, 0.3) is 0 Å². The molecule has 2 rings (SSSR count). The predicted octanol–water partition coefficient (Wildman–Crippen LogP) is 1.72. The van der Waals surface area contributed by atoms with Gasteiger partial charge in [-0.15, -0.1) is 0 Å². The Morgan fingerprint density at radius 1 is 1.22 bits per heavy atom. The SMILES string of the molecule is Cc1c(N)nc(C(C)C)nc1N1CCCOCC1. The summed E-state index contributed by atoms with van der Waals surface area (Å²) in [6.07, 6.45) is 1.03. The molecule has 0 aliphatic carbocycles. The Hall–Kier alpha value is -1.36. The minimum Gasteiger partial charge on any atom is -0.383 e. The molecular formula is C13H22N4O. The van der Waals surface area contributed by atoms with Crippen LogP contribution in [0.15, 0.2) is 0 Å². The molecule has 18 heavy (non-hydrogen) atoms. The average Bonchev–Trinajstić information content (AvgIpc) is 2.61. The van der Waals surface area contributed by atoms with E-state index in [4.69, 9.17) is 10.5 Å². The van der Waals surface area contributed by atoms with Gasteiger partial charge in [0, 0.05) is 31.2 Å². The molecule has 1 aromatic heterocycles. The molecule has 0 atom stereocenters. The minimum absolute atomic E-state index is 0.287. The molecule has 1 fully saturated rings. The standard InChI is InChI=1S/C13H22N4O/c1-9(2)12-15-11(14)10(3)13(16-12)17-5-4-7-18-8-6-17/h9H,4-8H2,1-3H3,(H2,14,15,16). The van der Waals surface area contributed by atoms with Gasteiger partial charge in [0.1, 0.15) is 17.5 Å². The molecule has 0 unspecified atom stereocenters. The highest BCUT2D eigenvalue weighted by Gasteiger charge is 2.18. The lowest BCUT2D eigenvalue weighted by Gasteiger charge is -2.24. The number of hydrogen-bond donors (Lipinski definition) is 1. The van der Waals surface area contributed by atoms with Crippen molar-refractivity contribution >= 4 is 11.6 Å². The summed E-state index contributed by atoms with van der Waals surface area (Å²) in [7, 11) is 0. The van der Waals surface area contributed by atoms with E-state index in [0.29, 0.717) is 5.82 Å². The normalized spacial score (nSPS) is 17.0. The first-order valence-electron chi connectivity index (χ1n) is 6.56. The number of ether oxygens (including phenoxy) is 1. The largest absolute Gasteiger partial charge is 0.383 e. The number of nitrogen functional groups attached to an aromatic ring is 1. The molecule has 1 aliphatic heterocycles. The Kier molecular flexibility index (Phi) is 4.01. The maximum Gasteiger partial charge on any atom is 0.137 e. The zero-order valence-corrected chi connectivity index (χ0v) is 11.4. The smallest absolute Gasteiger partial charge is 0.137 e. The fraction of sp³-hybridized carbons (Fsp3) is 0.692. The molecule has 0 bridgehead atoms. The number of nitrogens with two attached hydrogens (primary N) is 1. The fourth-order valence-corrected chi connectivity index (χ4v) is 2.06. The van der Waals surface area contributed by atoms with Crippen LogP contribution >= 0.6 is 0 Å². The highest BCUT2D eigenvalue weighted by molar-refractivity contribution is 5.56. The lowest BCUT2D eigenvalue weighted by Crippen LogP contribution is -2.28. The van der Waals surface area contributed by atoms with Crippen molar-refractivity contribution in [3.63, 3.8) is 0 Å². The Morgan fingerprint density at radius 3 is 2.72 bits per heavy atom. The van der Waals surface area contributed by atoms with E-state index in [2.05, 4.69) is 28.7 Å². The Balaban J connectivity index is 2.35. The zero-order chi connectivity index (χ0) is 13.1. The first kappa shape index (κ1) is 13.1. The van der Waals surface area contributed by atoms with E-state index < -0.39 is 0 Å². The molecule has 0 amide bonds. The van der Waals surface area contributed by atoms with Gasteiger partial charge in [0.2, 0.25) is 0 Å². The molecule has 5 nitrogen and oxygen atoms in total. The summed E-state index contributed by atoms with van der Waals surface area (Å²) >= 11 is 0. The number of hydrogen-bond acceptors (Lipinski definition) is 5.